The van der Waals surface area contributed by atoms with Gasteiger partial charge in [0.1, 0.15) is 0 Å². The molecule has 19 heavy (non-hydrogen) atoms. The van der Waals surface area contributed by atoms with Gasteiger partial charge in [-0.3, -0.25) is 0 Å². The van der Waals surface area contributed by atoms with Gasteiger partial charge in [-0.1, -0.05) is 47.6 Å². The Balaban J connectivity index is 0.00000180. The monoisotopic (exact) mass is 355 g/mol. The Labute approximate surface area is 141 Å². The molecule has 1 heterocycles. The quantitative estimate of drug-likeness (QED) is 0.737. The number of allylic oxidation sites excluding steroid dienone is 3. The minimum absolute atomic E-state index is 0. The van der Waals surface area contributed by atoms with E-state index in [0.717, 1.165) is 0 Å². The number of hydrogen-bond acceptors (Lipinski definition) is 1. The Morgan fingerprint density at radius 1 is 1.32 bits per heavy atom. The van der Waals surface area contributed by atoms with Gasteiger partial charge < -0.3 is 4.90 Å². The van der Waals surface area contributed by atoms with E-state index in [4.69, 9.17) is 11.6 Å². The summed E-state index contributed by atoms with van der Waals surface area (Å²) in [4.78, 5) is 1.42. The second-order valence-corrected chi connectivity index (χ2v) is 4.21. The van der Waals surface area contributed by atoms with Crippen molar-refractivity contribution in [2.75, 3.05) is 6.54 Å². The fourth-order valence-electron chi connectivity index (χ4n) is 1.75. The van der Waals surface area contributed by atoms with Gasteiger partial charge in [-0.05, 0) is 10.7 Å². The molecule has 0 N–H and O–H groups in total. The summed E-state index contributed by atoms with van der Waals surface area (Å²) in [5, 5.41) is 0.502. The standard InChI is InChI=1S/C14H11ClF2N.Y/c1-10-5-4-8-13(18(10)9-14(16)17)11-6-2-3-7-12(11)15;/h2-7,14H,1,9H2;/q-1;. The van der Waals surface area contributed by atoms with E-state index in [-0.39, 0.29) is 32.7 Å². The van der Waals surface area contributed by atoms with E-state index >= 15 is 0 Å². The van der Waals surface area contributed by atoms with E-state index in [1.807, 2.05) is 0 Å². The second kappa shape index (κ2) is 7.32. The Bertz CT molecular complexity index is 526. The van der Waals surface area contributed by atoms with E-state index in [1.165, 1.54) is 4.90 Å². The van der Waals surface area contributed by atoms with Crippen LogP contribution in [0.3, 0.4) is 0 Å². The van der Waals surface area contributed by atoms with Crippen molar-refractivity contribution < 1.29 is 41.5 Å². The van der Waals surface area contributed by atoms with Crippen LogP contribution in [-0.2, 0) is 32.7 Å². The van der Waals surface area contributed by atoms with Crippen LogP contribution in [0.5, 0.6) is 0 Å². The van der Waals surface area contributed by atoms with Crippen molar-refractivity contribution in [2.24, 2.45) is 0 Å². The molecule has 0 saturated carbocycles. The summed E-state index contributed by atoms with van der Waals surface area (Å²) in [5.41, 5.74) is 1.70. The van der Waals surface area contributed by atoms with E-state index in [2.05, 4.69) is 12.7 Å². The molecule has 1 aliphatic rings. The van der Waals surface area contributed by atoms with Gasteiger partial charge in [0.25, 0.3) is 6.43 Å². The third-order valence-corrected chi connectivity index (χ3v) is 2.89. The predicted molar refractivity (Wildman–Crippen MR) is 69.1 cm³/mol. The molecule has 1 nitrogen and oxygen atoms in total. The summed E-state index contributed by atoms with van der Waals surface area (Å²) in [6.45, 7) is 3.34. The molecule has 97 valence electrons. The average Bonchev–Trinajstić information content (AvgIpc) is 2.32. The molecule has 0 amide bonds. The number of alkyl halides is 2. The van der Waals surface area contributed by atoms with Crippen molar-refractivity contribution in [1.82, 2.24) is 4.90 Å². The number of hydrogen-bond donors (Lipinski definition) is 0. The Hall–Kier alpha value is -0.506. The van der Waals surface area contributed by atoms with Crippen LogP contribution in [-0.4, -0.2) is 17.9 Å². The molecule has 0 bridgehead atoms. The molecule has 0 aromatic heterocycles. The van der Waals surface area contributed by atoms with Gasteiger partial charge in [0, 0.05) is 32.7 Å². The van der Waals surface area contributed by atoms with Crippen LogP contribution in [0.2, 0.25) is 5.02 Å². The smallest absolute Gasteiger partial charge is 0.256 e. The minimum atomic E-state index is -2.45. The Morgan fingerprint density at radius 2 is 2.00 bits per heavy atom. The Morgan fingerprint density at radius 3 is 2.63 bits per heavy atom. The maximum absolute atomic E-state index is 12.6. The second-order valence-electron chi connectivity index (χ2n) is 3.80. The molecule has 1 aromatic carbocycles. The van der Waals surface area contributed by atoms with Gasteiger partial charge >= 0.3 is 0 Å². The summed E-state index contributed by atoms with van der Waals surface area (Å²) in [6.07, 6.45) is 3.79. The first kappa shape index (κ1) is 16.5. The van der Waals surface area contributed by atoms with Crippen molar-refractivity contribution in [3.63, 3.8) is 0 Å². The molecule has 1 aliphatic heterocycles. The number of rotatable bonds is 3. The fourth-order valence-corrected chi connectivity index (χ4v) is 1.98. The molecule has 1 radical (unpaired) electrons. The summed E-state index contributed by atoms with van der Waals surface area (Å²) >= 11 is 6.08. The molecule has 0 aliphatic carbocycles. The van der Waals surface area contributed by atoms with Gasteiger partial charge in [-0.15, -0.1) is 12.1 Å². The van der Waals surface area contributed by atoms with Crippen molar-refractivity contribution in [1.29, 1.82) is 0 Å². The van der Waals surface area contributed by atoms with Gasteiger partial charge in [-0.2, -0.15) is 12.2 Å². The first-order valence-electron chi connectivity index (χ1n) is 5.39. The van der Waals surface area contributed by atoms with Crippen LogP contribution in [0.25, 0.3) is 5.70 Å². The summed E-state index contributed by atoms with van der Waals surface area (Å²) in [6, 6.07) is 7.08. The van der Waals surface area contributed by atoms with Crippen LogP contribution in [0.1, 0.15) is 5.56 Å². The van der Waals surface area contributed by atoms with Crippen LogP contribution in [0.4, 0.5) is 8.78 Å². The average molecular weight is 356 g/mol. The Kier molecular flexibility index (Phi) is 6.38. The molecule has 0 fully saturated rings. The normalized spacial score (nSPS) is 14.4. The number of halogens is 3. The van der Waals surface area contributed by atoms with Crippen LogP contribution >= 0.6 is 11.6 Å². The third-order valence-electron chi connectivity index (χ3n) is 2.56. The molecule has 0 atom stereocenters. The molecule has 2 rings (SSSR count). The molecule has 0 saturated heterocycles. The topological polar surface area (TPSA) is 3.24 Å². The summed E-state index contributed by atoms with van der Waals surface area (Å²) < 4.78 is 25.2. The number of nitrogens with zero attached hydrogens (tertiary/aromatic N) is 1. The van der Waals surface area contributed by atoms with Gasteiger partial charge in [0.2, 0.25) is 0 Å². The third kappa shape index (κ3) is 3.98. The SMILES string of the molecule is C=C1C=C[C-]=C(c2ccccc2Cl)N1CC(F)F.[Y]. The molecule has 0 unspecified atom stereocenters. The maximum atomic E-state index is 12.6. The first-order chi connectivity index (χ1) is 8.59. The van der Waals surface area contributed by atoms with Crippen molar-refractivity contribution >= 4 is 17.3 Å². The largest absolute Gasteiger partial charge is 0.370 e. The van der Waals surface area contributed by atoms with Crippen LogP contribution in [0, 0.1) is 6.08 Å². The summed E-state index contributed by atoms with van der Waals surface area (Å²) in [5.74, 6) is 0. The molecule has 5 heteroatoms. The zero-order valence-electron chi connectivity index (χ0n) is 10.1. The van der Waals surface area contributed by atoms with E-state index < -0.39 is 13.0 Å². The fraction of sp³-hybridized carbons (Fsp3) is 0.143. The molecule has 0 spiro atoms. The molecular formula is C14H11ClF2NY-. The van der Waals surface area contributed by atoms with Gasteiger partial charge in [0.05, 0.1) is 6.54 Å². The van der Waals surface area contributed by atoms with Gasteiger partial charge in [0.15, 0.2) is 0 Å². The zero-order valence-corrected chi connectivity index (χ0v) is 13.7. The van der Waals surface area contributed by atoms with Crippen molar-refractivity contribution in [2.45, 2.75) is 6.43 Å². The predicted octanol–water partition coefficient (Wildman–Crippen LogP) is 4.13. The van der Waals surface area contributed by atoms with Crippen LogP contribution < -0.4 is 0 Å². The number of benzene rings is 1. The van der Waals surface area contributed by atoms with Gasteiger partial charge in [-0.25, -0.2) is 8.78 Å². The molecular weight excluding hydrogens is 345 g/mol. The first-order valence-corrected chi connectivity index (χ1v) is 5.77. The van der Waals surface area contributed by atoms with E-state index in [9.17, 15) is 8.78 Å². The van der Waals surface area contributed by atoms with E-state index in [1.54, 1.807) is 36.4 Å². The summed E-state index contributed by atoms with van der Waals surface area (Å²) in [7, 11) is 0. The van der Waals surface area contributed by atoms with Crippen molar-refractivity contribution in [3.8, 4) is 0 Å². The zero-order chi connectivity index (χ0) is 13.1. The molecule has 1 aromatic rings. The van der Waals surface area contributed by atoms with Crippen molar-refractivity contribution in [3.05, 3.63) is 65.4 Å². The van der Waals surface area contributed by atoms with E-state index in [0.29, 0.717) is 22.0 Å². The van der Waals surface area contributed by atoms with Crippen LogP contribution in [0.15, 0.2) is 48.7 Å². The maximum Gasteiger partial charge on any atom is 0.256 e. The minimum Gasteiger partial charge on any atom is -0.370 e.